The molecule has 0 aliphatic rings. The van der Waals surface area contributed by atoms with Crippen LogP contribution in [-0.2, 0) is 14.3 Å². The van der Waals surface area contributed by atoms with Gasteiger partial charge in [-0.15, -0.1) is 0 Å². The van der Waals surface area contributed by atoms with Crippen LogP contribution >= 0.6 is 0 Å². The minimum atomic E-state index is -0.652. The summed E-state index contributed by atoms with van der Waals surface area (Å²) < 4.78 is 17.9. The van der Waals surface area contributed by atoms with Crippen LogP contribution in [0.3, 0.4) is 0 Å². The highest BCUT2D eigenvalue weighted by Crippen LogP contribution is 2.21. The molecule has 0 saturated heterocycles. The maximum Gasteiger partial charge on any atom is 0.331 e. The van der Waals surface area contributed by atoms with Gasteiger partial charge in [-0.3, -0.25) is 4.79 Å². The number of esters is 1. The number of rotatable bonds is 7. The lowest BCUT2D eigenvalue weighted by Gasteiger charge is -2.19. The van der Waals surface area contributed by atoms with Crippen molar-refractivity contribution in [2.45, 2.75) is 6.04 Å². The number of carbonyl (C=O) groups excluding carboxylic acids is 2. The lowest BCUT2D eigenvalue weighted by atomic mass is 9.99. The molecule has 0 radical (unpaired) electrons. The van der Waals surface area contributed by atoms with Crippen molar-refractivity contribution in [1.29, 1.82) is 0 Å². The number of carbonyl (C=O) groups is 2. The number of hydrogen-bond acceptors (Lipinski definition) is 3. The molecule has 1 amide bonds. The van der Waals surface area contributed by atoms with E-state index in [-0.39, 0.29) is 11.9 Å². The summed E-state index contributed by atoms with van der Waals surface area (Å²) >= 11 is 0. The number of nitrogens with one attached hydrogen (secondary N) is 1. The average Bonchev–Trinajstić information content (AvgIpc) is 2.77. The first-order valence-electron chi connectivity index (χ1n) is 9.11. The monoisotopic (exact) mass is 389 g/mol. The highest BCUT2D eigenvalue weighted by atomic mass is 19.1. The van der Waals surface area contributed by atoms with Crippen molar-refractivity contribution in [3.63, 3.8) is 0 Å². The van der Waals surface area contributed by atoms with Crippen LogP contribution < -0.4 is 5.32 Å². The van der Waals surface area contributed by atoms with Crippen molar-refractivity contribution in [3.8, 4) is 0 Å². The fraction of sp³-hybridized carbons (Fsp3) is 0.0833. The topological polar surface area (TPSA) is 55.4 Å². The number of amides is 1. The molecule has 0 aliphatic carbocycles. The average molecular weight is 389 g/mol. The molecule has 3 rings (SSSR count). The molecule has 0 saturated carbocycles. The Morgan fingerprint density at radius 3 is 1.97 bits per heavy atom. The maximum atomic E-state index is 12.9. The van der Waals surface area contributed by atoms with E-state index in [0.29, 0.717) is 5.56 Å². The largest absolute Gasteiger partial charge is 0.452 e. The Morgan fingerprint density at radius 2 is 1.41 bits per heavy atom. The zero-order valence-corrected chi connectivity index (χ0v) is 15.6. The van der Waals surface area contributed by atoms with Gasteiger partial charge in [0.25, 0.3) is 5.91 Å². The first-order chi connectivity index (χ1) is 14.1. The molecule has 0 fully saturated rings. The smallest absolute Gasteiger partial charge is 0.331 e. The van der Waals surface area contributed by atoms with Gasteiger partial charge in [0, 0.05) is 6.08 Å². The van der Waals surface area contributed by atoms with E-state index in [0.717, 1.165) is 11.1 Å². The Hall–Kier alpha value is -3.73. The van der Waals surface area contributed by atoms with Gasteiger partial charge in [-0.05, 0) is 34.9 Å². The minimum absolute atomic E-state index is 0.349. The van der Waals surface area contributed by atoms with E-state index in [4.69, 9.17) is 4.74 Å². The highest BCUT2D eigenvalue weighted by Gasteiger charge is 2.17. The van der Waals surface area contributed by atoms with Crippen molar-refractivity contribution >= 4 is 18.0 Å². The predicted octanol–water partition coefficient (Wildman–Crippen LogP) is 4.29. The van der Waals surface area contributed by atoms with E-state index in [1.807, 2.05) is 60.7 Å². The third kappa shape index (κ3) is 6.14. The minimum Gasteiger partial charge on any atom is -0.452 e. The molecule has 1 N–H and O–H groups in total. The van der Waals surface area contributed by atoms with Gasteiger partial charge in [0.15, 0.2) is 6.61 Å². The molecule has 0 unspecified atom stereocenters. The Morgan fingerprint density at radius 1 is 0.862 bits per heavy atom. The van der Waals surface area contributed by atoms with Crippen LogP contribution in [0.25, 0.3) is 6.08 Å². The van der Waals surface area contributed by atoms with Crippen LogP contribution in [0.5, 0.6) is 0 Å². The second-order valence-electron chi connectivity index (χ2n) is 6.31. The normalized spacial score (nSPS) is 10.8. The van der Waals surface area contributed by atoms with Gasteiger partial charge in [-0.2, -0.15) is 0 Å². The first-order valence-corrected chi connectivity index (χ1v) is 9.11. The standard InChI is InChI=1S/C24H20FNO3/c25-21-14-11-18(12-15-21)13-16-23(28)29-17-22(27)26-24(19-7-3-1-4-8-19)20-9-5-2-6-10-20/h1-16,24H,17H2,(H,26,27)/b16-13+. The van der Waals surface area contributed by atoms with Crippen molar-refractivity contribution < 1.29 is 18.7 Å². The molecule has 4 nitrogen and oxygen atoms in total. The van der Waals surface area contributed by atoms with Gasteiger partial charge < -0.3 is 10.1 Å². The van der Waals surface area contributed by atoms with E-state index in [1.165, 1.54) is 36.4 Å². The summed E-state index contributed by atoms with van der Waals surface area (Å²) in [5.41, 5.74) is 2.50. The SMILES string of the molecule is O=C(COC(=O)/C=C/c1ccc(F)cc1)NC(c1ccccc1)c1ccccc1. The molecule has 146 valence electrons. The first kappa shape index (κ1) is 20.0. The molecule has 0 bridgehead atoms. The van der Waals surface area contributed by atoms with Gasteiger partial charge in [0.05, 0.1) is 6.04 Å². The fourth-order valence-corrected chi connectivity index (χ4v) is 2.78. The Labute approximate surface area is 168 Å². The van der Waals surface area contributed by atoms with Crippen LogP contribution in [0.15, 0.2) is 91.0 Å². The Balaban J connectivity index is 1.59. The predicted molar refractivity (Wildman–Crippen MR) is 109 cm³/mol. The highest BCUT2D eigenvalue weighted by molar-refractivity contribution is 5.89. The molecule has 0 aliphatic heterocycles. The molecule has 0 spiro atoms. The van der Waals surface area contributed by atoms with Crippen molar-refractivity contribution in [2.75, 3.05) is 6.61 Å². The molecule has 0 aromatic heterocycles. The number of hydrogen-bond donors (Lipinski definition) is 1. The van der Waals surface area contributed by atoms with Crippen LogP contribution in [0.4, 0.5) is 4.39 Å². The summed E-state index contributed by atoms with van der Waals surface area (Å²) in [4.78, 5) is 24.2. The summed E-state index contributed by atoms with van der Waals surface area (Å²) in [7, 11) is 0. The summed E-state index contributed by atoms with van der Waals surface area (Å²) in [5, 5.41) is 2.90. The van der Waals surface area contributed by atoms with E-state index in [1.54, 1.807) is 0 Å². The Kier molecular flexibility index (Phi) is 6.90. The Bertz CT molecular complexity index is 931. The molecular formula is C24H20FNO3. The zero-order chi connectivity index (χ0) is 20.5. The van der Waals surface area contributed by atoms with Gasteiger partial charge in [0.2, 0.25) is 0 Å². The van der Waals surface area contributed by atoms with Crippen LogP contribution in [-0.4, -0.2) is 18.5 Å². The van der Waals surface area contributed by atoms with Gasteiger partial charge in [-0.25, -0.2) is 9.18 Å². The lowest BCUT2D eigenvalue weighted by molar-refractivity contribution is -0.143. The van der Waals surface area contributed by atoms with E-state index < -0.39 is 18.5 Å². The second kappa shape index (κ2) is 9.99. The summed E-state index contributed by atoms with van der Waals surface area (Å²) in [6.45, 7) is -0.400. The van der Waals surface area contributed by atoms with E-state index in [2.05, 4.69) is 5.32 Å². The van der Waals surface area contributed by atoms with Crippen LogP contribution in [0.1, 0.15) is 22.7 Å². The fourth-order valence-electron chi connectivity index (χ4n) is 2.78. The maximum absolute atomic E-state index is 12.9. The van der Waals surface area contributed by atoms with Gasteiger partial charge in [-0.1, -0.05) is 72.8 Å². The van der Waals surface area contributed by atoms with Crippen molar-refractivity contribution in [2.24, 2.45) is 0 Å². The van der Waals surface area contributed by atoms with Crippen molar-refractivity contribution in [1.82, 2.24) is 5.32 Å². The molecular weight excluding hydrogens is 369 g/mol. The molecule has 5 heteroatoms. The number of benzene rings is 3. The molecule has 0 heterocycles. The van der Waals surface area contributed by atoms with E-state index in [9.17, 15) is 14.0 Å². The van der Waals surface area contributed by atoms with E-state index >= 15 is 0 Å². The number of ether oxygens (including phenoxy) is 1. The summed E-state index contributed by atoms with van der Waals surface area (Å²) in [6.07, 6.45) is 2.70. The zero-order valence-electron chi connectivity index (χ0n) is 15.6. The van der Waals surface area contributed by atoms with Crippen LogP contribution in [0.2, 0.25) is 0 Å². The molecule has 3 aromatic carbocycles. The second-order valence-corrected chi connectivity index (χ2v) is 6.31. The van der Waals surface area contributed by atoms with Gasteiger partial charge in [0.1, 0.15) is 5.82 Å². The molecule has 0 atom stereocenters. The quantitative estimate of drug-likeness (QED) is 0.485. The van der Waals surface area contributed by atoms with Crippen LogP contribution in [0, 0.1) is 5.82 Å². The summed E-state index contributed by atoms with van der Waals surface area (Å²) in [6, 6.07) is 24.4. The van der Waals surface area contributed by atoms with Gasteiger partial charge >= 0.3 is 5.97 Å². The third-order valence-corrected chi connectivity index (χ3v) is 4.20. The number of halogens is 1. The molecule has 29 heavy (non-hydrogen) atoms. The third-order valence-electron chi connectivity index (χ3n) is 4.20. The molecule has 3 aromatic rings. The summed E-state index contributed by atoms with van der Waals surface area (Å²) in [5.74, 6) is -1.42. The van der Waals surface area contributed by atoms with Crippen molar-refractivity contribution in [3.05, 3.63) is 114 Å². The lowest BCUT2D eigenvalue weighted by Crippen LogP contribution is -2.32.